The second-order valence-electron chi connectivity index (χ2n) is 4.92. The lowest BCUT2D eigenvalue weighted by atomic mass is 10.0. The van der Waals surface area contributed by atoms with E-state index in [1.165, 1.54) is 0 Å². The fraction of sp³-hybridized carbons (Fsp3) is 0.235. The molecule has 2 atom stereocenters. The molecule has 0 saturated carbocycles. The number of carbonyl (C=O) groups excluding carboxylic acids is 1. The van der Waals surface area contributed by atoms with E-state index in [0.29, 0.717) is 6.54 Å². The van der Waals surface area contributed by atoms with Crippen molar-refractivity contribution in [3.05, 3.63) is 66.2 Å². The third-order valence-electron chi connectivity index (χ3n) is 3.40. The normalized spacial score (nSPS) is 19.6. The zero-order valence-electron chi connectivity index (χ0n) is 11.6. The SMILES string of the molecule is O=C1CO[C@H]([C@H](Oc2ccccc2)c2ccccc2)CN1. The van der Waals surface area contributed by atoms with Crippen LogP contribution in [-0.2, 0) is 9.53 Å². The minimum Gasteiger partial charge on any atom is -0.483 e. The Bertz CT molecular complexity index is 575. The van der Waals surface area contributed by atoms with Crippen molar-refractivity contribution in [2.24, 2.45) is 0 Å². The summed E-state index contributed by atoms with van der Waals surface area (Å²) in [4.78, 5) is 11.2. The summed E-state index contributed by atoms with van der Waals surface area (Å²) in [7, 11) is 0. The van der Waals surface area contributed by atoms with Gasteiger partial charge in [0.2, 0.25) is 5.91 Å². The topological polar surface area (TPSA) is 47.6 Å². The van der Waals surface area contributed by atoms with Gasteiger partial charge in [0.05, 0.1) is 0 Å². The van der Waals surface area contributed by atoms with E-state index in [1.54, 1.807) is 0 Å². The highest BCUT2D eigenvalue weighted by Crippen LogP contribution is 2.27. The summed E-state index contributed by atoms with van der Waals surface area (Å²) in [5.41, 5.74) is 1.03. The molecule has 1 heterocycles. The Morgan fingerprint density at radius 3 is 2.33 bits per heavy atom. The lowest BCUT2D eigenvalue weighted by Gasteiger charge is -2.31. The van der Waals surface area contributed by atoms with Gasteiger partial charge in [-0.1, -0.05) is 48.5 Å². The number of benzene rings is 2. The highest BCUT2D eigenvalue weighted by atomic mass is 16.5. The van der Waals surface area contributed by atoms with Crippen molar-refractivity contribution in [3.8, 4) is 5.75 Å². The molecule has 4 nitrogen and oxygen atoms in total. The molecule has 1 aliphatic heterocycles. The van der Waals surface area contributed by atoms with Crippen molar-refractivity contribution in [2.45, 2.75) is 12.2 Å². The average Bonchev–Trinajstić information content (AvgIpc) is 2.55. The minimum absolute atomic E-state index is 0.0755. The Kier molecular flexibility index (Phi) is 4.17. The summed E-state index contributed by atoms with van der Waals surface area (Å²) in [6.07, 6.45) is -0.459. The fourth-order valence-corrected chi connectivity index (χ4v) is 2.35. The number of nitrogens with one attached hydrogen (secondary N) is 1. The van der Waals surface area contributed by atoms with Gasteiger partial charge in [-0.15, -0.1) is 0 Å². The number of hydrogen-bond acceptors (Lipinski definition) is 3. The van der Waals surface area contributed by atoms with Crippen LogP contribution < -0.4 is 10.1 Å². The van der Waals surface area contributed by atoms with Crippen LogP contribution in [0.2, 0.25) is 0 Å². The quantitative estimate of drug-likeness (QED) is 0.936. The molecule has 0 unspecified atom stereocenters. The van der Waals surface area contributed by atoms with Crippen molar-refractivity contribution < 1.29 is 14.3 Å². The van der Waals surface area contributed by atoms with E-state index in [0.717, 1.165) is 11.3 Å². The van der Waals surface area contributed by atoms with Gasteiger partial charge in [-0.3, -0.25) is 4.79 Å². The summed E-state index contributed by atoms with van der Waals surface area (Å²) in [5, 5.41) is 2.82. The Balaban J connectivity index is 1.83. The molecule has 108 valence electrons. The molecule has 0 aromatic heterocycles. The zero-order valence-corrected chi connectivity index (χ0v) is 11.6. The van der Waals surface area contributed by atoms with Crippen molar-refractivity contribution in [1.82, 2.24) is 5.32 Å². The van der Waals surface area contributed by atoms with Crippen molar-refractivity contribution in [1.29, 1.82) is 0 Å². The van der Waals surface area contributed by atoms with Gasteiger partial charge in [0, 0.05) is 6.54 Å². The van der Waals surface area contributed by atoms with E-state index in [2.05, 4.69) is 5.32 Å². The summed E-state index contributed by atoms with van der Waals surface area (Å²) in [6.45, 7) is 0.525. The molecule has 2 aromatic rings. The first-order chi connectivity index (χ1) is 10.3. The molecule has 1 fully saturated rings. The van der Waals surface area contributed by atoms with Gasteiger partial charge in [0.25, 0.3) is 0 Å². The molecular weight excluding hydrogens is 266 g/mol. The average molecular weight is 283 g/mol. The van der Waals surface area contributed by atoms with Crippen molar-refractivity contribution in [3.63, 3.8) is 0 Å². The smallest absolute Gasteiger partial charge is 0.246 e. The minimum atomic E-state index is -0.255. The molecule has 0 aliphatic carbocycles. The van der Waals surface area contributed by atoms with Crippen LogP contribution in [0.15, 0.2) is 60.7 Å². The third kappa shape index (κ3) is 3.41. The van der Waals surface area contributed by atoms with Crippen molar-refractivity contribution in [2.75, 3.05) is 13.2 Å². The molecule has 0 spiro atoms. The van der Waals surface area contributed by atoms with Crippen LogP contribution in [0.25, 0.3) is 0 Å². The molecule has 0 bridgehead atoms. The molecule has 0 radical (unpaired) electrons. The first kappa shape index (κ1) is 13.6. The van der Waals surface area contributed by atoms with E-state index in [9.17, 15) is 4.79 Å². The zero-order chi connectivity index (χ0) is 14.5. The summed E-state index contributed by atoms with van der Waals surface area (Å²) < 4.78 is 11.7. The second kappa shape index (κ2) is 6.41. The summed E-state index contributed by atoms with van der Waals surface area (Å²) in [5.74, 6) is 0.699. The van der Waals surface area contributed by atoms with Gasteiger partial charge in [-0.05, 0) is 17.7 Å². The summed E-state index contributed by atoms with van der Waals surface area (Å²) >= 11 is 0. The highest BCUT2D eigenvalue weighted by Gasteiger charge is 2.30. The van der Waals surface area contributed by atoms with E-state index >= 15 is 0 Å². The standard InChI is InChI=1S/C17H17NO3/c19-16-12-20-15(11-18-16)17(13-7-3-1-4-8-13)21-14-9-5-2-6-10-14/h1-10,15,17H,11-12H2,(H,18,19)/t15-,17+/m0/s1. The maximum absolute atomic E-state index is 11.2. The lowest BCUT2D eigenvalue weighted by Crippen LogP contribution is -2.46. The largest absolute Gasteiger partial charge is 0.483 e. The Hall–Kier alpha value is -2.33. The van der Waals surface area contributed by atoms with Gasteiger partial charge in [0.15, 0.2) is 6.10 Å². The molecule has 21 heavy (non-hydrogen) atoms. The summed E-state index contributed by atoms with van der Waals surface area (Å²) in [6, 6.07) is 19.6. The molecule has 2 aromatic carbocycles. The van der Waals surface area contributed by atoms with E-state index < -0.39 is 0 Å². The number of amides is 1. The van der Waals surface area contributed by atoms with Crippen LogP contribution in [-0.4, -0.2) is 25.2 Å². The molecule has 1 amide bonds. The fourth-order valence-electron chi connectivity index (χ4n) is 2.35. The first-order valence-corrected chi connectivity index (χ1v) is 6.98. The van der Waals surface area contributed by atoms with Crippen LogP contribution in [0.3, 0.4) is 0 Å². The Morgan fingerprint density at radius 2 is 1.71 bits per heavy atom. The van der Waals surface area contributed by atoms with Crippen LogP contribution in [0, 0.1) is 0 Å². The Morgan fingerprint density at radius 1 is 1.05 bits per heavy atom. The number of hydrogen-bond donors (Lipinski definition) is 1. The number of morpholine rings is 1. The predicted molar refractivity (Wildman–Crippen MR) is 79.0 cm³/mol. The Labute approximate surface area is 123 Å². The molecule has 1 saturated heterocycles. The van der Waals surface area contributed by atoms with E-state index in [1.807, 2.05) is 60.7 Å². The second-order valence-corrected chi connectivity index (χ2v) is 4.92. The lowest BCUT2D eigenvalue weighted by molar-refractivity contribution is -0.137. The maximum atomic E-state index is 11.2. The highest BCUT2D eigenvalue weighted by molar-refractivity contribution is 5.77. The van der Waals surface area contributed by atoms with Gasteiger partial charge in [0.1, 0.15) is 18.5 Å². The molecule has 1 aliphatic rings. The van der Waals surface area contributed by atoms with E-state index in [-0.39, 0.29) is 24.7 Å². The number of ether oxygens (including phenoxy) is 2. The van der Waals surface area contributed by atoms with Gasteiger partial charge in [-0.2, -0.15) is 0 Å². The van der Waals surface area contributed by atoms with Gasteiger partial charge in [-0.25, -0.2) is 0 Å². The molecule has 1 N–H and O–H groups in total. The number of carbonyl (C=O) groups is 1. The number of rotatable bonds is 4. The molecular formula is C17H17NO3. The third-order valence-corrected chi connectivity index (χ3v) is 3.40. The monoisotopic (exact) mass is 283 g/mol. The molecule has 4 heteroatoms. The first-order valence-electron chi connectivity index (χ1n) is 6.98. The van der Waals surface area contributed by atoms with Crippen molar-refractivity contribution >= 4 is 5.91 Å². The van der Waals surface area contributed by atoms with Crippen LogP contribution in [0.5, 0.6) is 5.75 Å². The van der Waals surface area contributed by atoms with E-state index in [4.69, 9.17) is 9.47 Å². The maximum Gasteiger partial charge on any atom is 0.246 e. The van der Waals surface area contributed by atoms with Gasteiger partial charge >= 0.3 is 0 Å². The van der Waals surface area contributed by atoms with Crippen LogP contribution in [0.4, 0.5) is 0 Å². The predicted octanol–water partition coefficient (Wildman–Crippen LogP) is 2.32. The van der Waals surface area contributed by atoms with Gasteiger partial charge < -0.3 is 14.8 Å². The molecule has 3 rings (SSSR count). The van der Waals surface area contributed by atoms with Crippen LogP contribution in [0.1, 0.15) is 11.7 Å². The van der Waals surface area contributed by atoms with Crippen LogP contribution >= 0.6 is 0 Å². The number of para-hydroxylation sites is 1.